The Hall–Kier alpha value is -2.12. The molecule has 28 heavy (non-hydrogen) atoms. The molecule has 2 rings (SSSR count). The lowest BCUT2D eigenvalue weighted by Crippen LogP contribution is -2.34. The van der Waals surface area contributed by atoms with Crippen molar-refractivity contribution in [2.45, 2.75) is 39.7 Å². The first-order valence-electron chi connectivity index (χ1n) is 9.20. The van der Waals surface area contributed by atoms with Gasteiger partial charge in [0.05, 0.1) is 18.3 Å². The quantitative estimate of drug-likeness (QED) is 0.396. The van der Waals surface area contributed by atoms with Gasteiger partial charge in [0.2, 0.25) is 0 Å². The third-order valence-electron chi connectivity index (χ3n) is 3.63. The van der Waals surface area contributed by atoms with Crippen LogP contribution in [0.2, 0.25) is 0 Å². The standard InChI is InChI=1S/C21H25BrN2O3S/c1-4-5-11-26-17-8-6-7-16(13-17)23-21(28)24-20(25)18-12-15(22)9-10-19(18)27-14(2)3/h6-10,12-14H,4-5,11H2,1-3H3,(H2,23,24,25,28). The molecule has 7 heteroatoms. The van der Waals surface area contributed by atoms with Crippen molar-refractivity contribution in [1.82, 2.24) is 5.32 Å². The summed E-state index contributed by atoms with van der Waals surface area (Å²) in [5.41, 5.74) is 1.15. The van der Waals surface area contributed by atoms with Gasteiger partial charge >= 0.3 is 0 Å². The van der Waals surface area contributed by atoms with Gasteiger partial charge in [-0.25, -0.2) is 0 Å². The van der Waals surface area contributed by atoms with E-state index in [2.05, 4.69) is 33.5 Å². The fraction of sp³-hybridized carbons (Fsp3) is 0.333. The number of unbranched alkanes of at least 4 members (excludes halogenated alkanes) is 1. The van der Waals surface area contributed by atoms with Gasteiger partial charge in [0.15, 0.2) is 5.11 Å². The Balaban J connectivity index is 2.02. The van der Waals surface area contributed by atoms with Gasteiger partial charge < -0.3 is 14.8 Å². The Labute approximate surface area is 179 Å². The molecule has 0 saturated carbocycles. The van der Waals surface area contributed by atoms with E-state index >= 15 is 0 Å². The highest BCUT2D eigenvalue weighted by atomic mass is 79.9. The summed E-state index contributed by atoms with van der Waals surface area (Å²) in [5.74, 6) is 0.918. The molecule has 0 aromatic heterocycles. The van der Waals surface area contributed by atoms with Crippen molar-refractivity contribution >= 4 is 44.9 Å². The van der Waals surface area contributed by atoms with E-state index < -0.39 is 0 Å². The summed E-state index contributed by atoms with van der Waals surface area (Å²) in [5, 5.41) is 5.91. The number of hydrogen-bond acceptors (Lipinski definition) is 4. The summed E-state index contributed by atoms with van der Waals surface area (Å²) in [6.07, 6.45) is 2.03. The van der Waals surface area contributed by atoms with Gasteiger partial charge in [-0.2, -0.15) is 0 Å². The highest BCUT2D eigenvalue weighted by Gasteiger charge is 2.16. The lowest BCUT2D eigenvalue weighted by Gasteiger charge is -2.15. The monoisotopic (exact) mass is 464 g/mol. The van der Waals surface area contributed by atoms with Crippen LogP contribution in [0.15, 0.2) is 46.9 Å². The zero-order valence-corrected chi connectivity index (χ0v) is 18.7. The average Bonchev–Trinajstić information content (AvgIpc) is 2.63. The number of nitrogens with one attached hydrogen (secondary N) is 2. The van der Waals surface area contributed by atoms with Gasteiger partial charge in [-0.15, -0.1) is 0 Å². The number of ether oxygens (including phenoxy) is 2. The van der Waals surface area contributed by atoms with Crippen molar-refractivity contribution in [3.63, 3.8) is 0 Å². The fourth-order valence-corrected chi connectivity index (χ4v) is 2.94. The van der Waals surface area contributed by atoms with Crippen molar-refractivity contribution in [3.05, 3.63) is 52.5 Å². The van der Waals surface area contributed by atoms with Crippen LogP contribution < -0.4 is 20.1 Å². The lowest BCUT2D eigenvalue weighted by atomic mass is 10.2. The maximum absolute atomic E-state index is 12.7. The molecule has 0 bridgehead atoms. The summed E-state index contributed by atoms with van der Waals surface area (Å²) in [6, 6.07) is 12.8. The highest BCUT2D eigenvalue weighted by Crippen LogP contribution is 2.24. The molecule has 2 aromatic carbocycles. The van der Waals surface area contributed by atoms with Crippen LogP contribution in [0, 0.1) is 0 Å². The molecule has 0 heterocycles. The van der Waals surface area contributed by atoms with Crippen molar-refractivity contribution in [2.75, 3.05) is 11.9 Å². The predicted octanol–water partition coefficient (Wildman–Crippen LogP) is 5.54. The van der Waals surface area contributed by atoms with E-state index in [9.17, 15) is 4.79 Å². The molecule has 2 aromatic rings. The van der Waals surface area contributed by atoms with Gasteiger partial charge in [-0.05, 0) is 62.8 Å². The lowest BCUT2D eigenvalue weighted by molar-refractivity contribution is 0.0972. The molecule has 0 fully saturated rings. The van der Waals surface area contributed by atoms with E-state index in [1.165, 1.54) is 0 Å². The van der Waals surface area contributed by atoms with E-state index in [4.69, 9.17) is 21.7 Å². The number of hydrogen-bond donors (Lipinski definition) is 2. The Kier molecular flexibility index (Phi) is 8.73. The highest BCUT2D eigenvalue weighted by molar-refractivity contribution is 9.10. The maximum Gasteiger partial charge on any atom is 0.261 e. The van der Waals surface area contributed by atoms with Crippen LogP contribution >= 0.6 is 28.1 Å². The Morgan fingerprint density at radius 2 is 2.00 bits per heavy atom. The van der Waals surface area contributed by atoms with E-state index in [1.807, 2.05) is 44.2 Å². The number of rotatable bonds is 8. The molecule has 0 aliphatic rings. The SMILES string of the molecule is CCCCOc1cccc(NC(=S)NC(=O)c2cc(Br)ccc2OC(C)C)c1. The van der Waals surface area contributed by atoms with Gasteiger partial charge in [0.25, 0.3) is 5.91 Å². The van der Waals surface area contributed by atoms with Crippen LogP contribution in [0.3, 0.4) is 0 Å². The third-order valence-corrected chi connectivity index (χ3v) is 4.33. The van der Waals surface area contributed by atoms with E-state index in [-0.39, 0.29) is 17.1 Å². The summed E-state index contributed by atoms with van der Waals surface area (Å²) < 4.78 is 12.2. The minimum atomic E-state index is -0.343. The Morgan fingerprint density at radius 1 is 1.21 bits per heavy atom. The van der Waals surface area contributed by atoms with E-state index in [1.54, 1.807) is 12.1 Å². The third kappa shape index (κ3) is 7.13. The molecule has 0 unspecified atom stereocenters. The summed E-state index contributed by atoms with van der Waals surface area (Å²) >= 11 is 8.68. The minimum absolute atomic E-state index is 0.0479. The van der Waals surface area contributed by atoms with Gasteiger partial charge in [-0.3, -0.25) is 10.1 Å². The number of anilines is 1. The van der Waals surface area contributed by atoms with Crippen LogP contribution in [-0.4, -0.2) is 23.7 Å². The zero-order chi connectivity index (χ0) is 20.5. The van der Waals surface area contributed by atoms with E-state index in [0.717, 1.165) is 28.8 Å². The molecule has 2 N–H and O–H groups in total. The number of carbonyl (C=O) groups is 1. The zero-order valence-electron chi connectivity index (χ0n) is 16.3. The second-order valence-electron chi connectivity index (χ2n) is 6.45. The largest absolute Gasteiger partial charge is 0.494 e. The van der Waals surface area contributed by atoms with Crippen LogP contribution in [-0.2, 0) is 0 Å². The van der Waals surface area contributed by atoms with E-state index in [0.29, 0.717) is 17.9 Å². The Morgan fingerprint density at radius 3 is 2.71 bits per heavy atom. The van der Waals surface area contributed by atoms with Gasteiger partial charge in [0, 0.05) is 16.2 Å². The van der Waals surface area contributed by atoms with Crippen LogP contribution in [0.25, 0.3) is 0 Å². The maximum atomic E-state index is 12.7. The normalized spacial score (nSPS) is 10.5. The number of thiocarbonyl (C=S) groups is 1. The predicted molar refractivity (Wildman–Crippen MR) is 120 cm³/mol. The molecular weight excluding hydrogens is 440 g/mol. The molecule has 0 saturated heterocycles. The summed E-state index contributed by atoms with van der Waals surface area (Å²) in [4.78, 5) is 12.7. The molecule has 150 valence electrons. The molecule has 1 amide bonds. The first-order valence-corrected chi connectivity index (χ1v) is 10.4. The van der Waals surface area contributed by atoms with Gasteiger partial charge in [-0.1, -0.05) is 35.3 Å². The second-order valence-corrected chi connectivity index (χ2v) is 7.77. The number of benzene rings is 2. The van der Waals surface area contributed by atoms with Crippen molar-refractivity contribution in [3.8, 4) is 11.5 Å². The molecule has 0 aliphatic heterocycles. The topological polar surface area (TPSA) is 59.6 Å². The van der Waals surface area contributed by atoms with Crippen molar-refractivity contribution in [1.29, 1.82) is 0 Å². The second kappa shape index (κ2) is 11.0. The molecule has 0 atom stereocenters. The number of amides is 1. The molecule has 0 aliphatic carbocycles. The van der Waals surface area contributed by atoms with Gasteiger partial charge in [0.1, 0.15) is 11.5 Å². The molecular formula is C21H25BrN2O3S. The van der Waals surface area contributed by atoms with Crippen LogP contribution in [0.4, 0.5) is 5.69 Å². The minimum Gasteiger partial charge on any atom is -0.494 e. The molecule has 5 nitrogen and oxygen atoms in total. The fourth-order valence-electron chi connectivity index (χ4n) is 2.37. The molecule has 0 spiro atoms. The average molecular weight is 465 g/mol. The summed E-state index contributed by atoms with van der Waals surface area (Å²) in [6.45, 7) is 6.60. The van der Waals surface area contributed by atoms with Crippen LogP contribution in [0.5, 0.6) is 11.5 Å². The molecule has 0 radical (unpaired) electrons. The van der Waals surface area contributed by atoms with Crippen molar-refractivity contribution < 1.29 is 14.3 Å². The van der Waals surface area contributed by atoms with Crippen LogP contribution in [0.1, 0.15) is 44.0 Å². The van der Waals surface area contributed by atoms with Crippen molar-refractivity contribution in [2.24, 2.45) is 0 Å². The summed E-state index contributed by atoms with van der Waals surface area (Å²) in [7, 11) is 0. The number of halogens is 1. The number of carbonyl (C=O) groups excluding carboxylic acids is 1. The first-order chi connectivity index (χ1) is 13.4. The first kappa shape index (κ1) is 22.2. The Bertz CT molecular complexity index is 827. The smallest absolute Gasteiger partial charge is 0.261 e.